The van der Waals surface area contributed by atoms with Gasteiger partial charge in [-0.25, -0.2) is 0 Å². The van der Waals surface area contributed by atoms with Crippen LogP contribution in [0.3, 0.4) is 0 Å². The van der Waals surface area contributed by atoms with Crippen LogP contribution in [0.5, 0.6) is 0 Å². The van der Waals surface area contributed by atoms with Crippen molar-refractivity contribution in [2.75, 3.05) is 42.7 Å². The average molecular weight is 874 g/mol. The minimum absolute atomic E-state index is 0.772. The molecule has 0 amide bonds. The van der Waals surface area contributed by atoms with Gasteiger partial charge in [-0.2, -0.15) is 0 Å². The smallest absolute Gasteiger partial charge is 0.142 e. The number of halogens is 1. The molecule has 21 rings (SSSR count). The SMILES string of the molecule is COC12C=CC(OC)(C=C1)c1ccc(cc1)C1(OC)C=CC(OC)(C=C1)c1ccc(cc1)-c1ccc(cc1)C1(OC)C=CC(OC)(C=C1Br)c1ccc(cc1)-c1ccc2cc1. The third-order valence-electron chi connectivity index (χ3n) is 13.4. The summed E-state index contributed by atoms with van der Waals surface area (Å²) in [5, 5.41) is 0. The summed E-state index contributed by atoms with van der Waals surface area (Å²) in [6.07, 6.45) is 22.9. The van der Waals surface area contributed by atoms with E-state index in [2.05, 4.69) is 204 Å². The number of hydrogen-bond donors (Lipinski definition) is 0. The lowest BCUT2D eigenvalue weighted by Gasteiger charge is -2.38. The van der Waals surface area contributed by atoms with E-state index in [9.17, 15) is 0 Å². The summed E-state index contributed by atoms with van der Waals surface area (Å²) < 4.78 is 38.3. The molecule has 16 aliphatic rings. The third kappa shape index (κ3) is 6.54. The first-order valence-electron chi connectivity index (χ1n) is 20.4. The summed E-state index contributed by atoms with van der Waals surface area (Å²) >= 11 is 3.93. The van der Waals surface area contributed by atoms with E-state index in [1.807, 2.05) is 0 Å². The zero-order valence-corrected chi connectivity index (χ0v) is 36.8. The lowest BCUT2D eigenvalue weighted by molar-refractivity contribution is 0.0402. The van der Waals surface area contributed by atoms with Crippen molar-refractivity contribution in [3.63, 3.8) is 0 Å². The van der Waals surface area contributed by atoms with Crippen molar-refractivity contribution in [2.45, 2.75) is 33.6 Å². The van der Waals surface area contributed by atoms with Gasteiger partial charge in [0.15, 0.2) is 0 Å². The van der Waals surface area contributed by atoms with E-state index in [0.29, 0.717) is 0 Å². The second kappa shape index (κ2) is 15.6. The van der Waals surface area contributed by atoms with E-state index in [0.717, 1.165) is 60.1 Å². The van der Waals surface area contributed by atoms with Gasteiger partial charge in [-0.3, -0.25) is 0 Å². The van der Waals surface area contributed by atoms with Gasteiger partial charge in [-0.05, 0) is 122 Å². The van der Waals surface area contributed by atoms with E-state index in [-0.39, 0.29) is 0 Å². The second-order valence-corrected chi connectivity index (χ2v) is 16.8. The molecule has 2 unspecified atom stereocenters. The Morgan fingerprint density at radius 3 is 0.754 bits per heavy atom. The lowest BCUT2D eigenvalue weighted by Crippen LogP contribution is -2.35. The van der Waals surface area contributed by atoms with Crippen molar-refractivity contribution in [2.24, 2.45) is 0 Å². The Hall–Kier alpha value is -5.22. The molecule has 0 aliphatic heterocycles. The predicted octanol–water partition coefficient (Wildman–Crippen LogP) is 11.6. The van der Waals surface area contributed by atoms with Crippen LogP contribution in [0, 0.1) is 0 Å². The number of ether oxygens (including phenoxy) is 6. The minimum Gasteiger partial charge on any atom is -0.365 e. The largest absolute Gasteiger partial charge is 0.365 e. The predicted molar refractivity (Wildman–Crippen MR) is 245 cm³/mol. The van der Waals surface area contributed by atoms with Crippen molar-refractivity contribution in [3.8, 4) is 22.3 Å². The Morgan fingerprint density at radius 2 is 0.508 bits per heavy atom. The standard InChI is InChI=1S/C54H49BrO6/c1-56-49-27-31-51(58-3,32-28-49)44-23-25-45(26-24-44)52(59-4)33-29-50(57-2,30-34-52)43-17-9-39(10-18-43)41-13-21-47(22-14-41)54(61-6)36-35-53(60-5,37-48(54)55)46-19-11-40(12-20-46)38-7-15-42(49)16-8-38/h7-37H,1-6H3. The van der Waals surface area contributed by atoms with Crippen molar-refractivity contribution < 1.29 is 28.4 Å². The summed E-state index contributed by atoms with van der Waals surface area (Å²) in [6, 6.07) is 42.5. The van der Waals surface area contributed by atoms with E-state index >= 15 is 0 Å². The molecule has 2 atom stereocenters. The van der Waals surface area contributed by atoms with Crippen LogP contribution in [0.4, 0.5) is 0 Å². The van der Waals surface area contributed by atoms with Crippen molar-refractivity contribution in [1.82, 2.24) is 0 Å². The van der Waals surface area contributed by atoms with Crippen molar-refractivity contribution >= 4 is 15.9 Å². The Bertz CT molecular complexity index is 2570. The molecule has 0 radical (unpaired) electrons. The van der Waals surface area contributed by atoms with Gasteiger partial charge in [0.25, 0.3) is 0 Å². The first-order chi connectivity index (χ1) is 29.6. The number of rotatable bonds is 6. The van der Waals surface area contributed by atoms with Gasteiger partial charge >= 0.3 is 0 Å². The highest BCUT2D eigenvalue weighted by molar-refractivity contribution is 9.11. The molecule has 0 N–H and O–H groups in total. The molecule has 308 valence electrons. The van der Waals surface area contributed by atoms with Crippen LogP contribution < -0.4 is 0 Å². The molecule has 0 saturated heterocycles. The number of hydrogen-bond acceptors (Lipinski definition) is 6. The molecule has 61 heavy (non-hydrogen) atoms. The van der Waals surface area contributed by atoms with E-state index in [1.54, 1.807) is 42.7 Å². The Kier molecular flexibility index (Phi) is 10.5. The fraction of sp³-hybridized carbons (Fsp3) is 0.222. The maximum absolute atomic E-state index is 6.29. The van der Waals surface area contributed by atoms with Crippen LogP contribution in [0.15, 0.2) is 193 Å². The van der Waals surface area contributed by atoms with E-state index < -0.39 is 33.6 Å². The molecular weight excluding hydrogens is 824 g/mol. The average Bonchev–Trinajstić information content (AvgIpc) is 3.34. The third-order valence-corrected chi connectivity index (χ3v) is 14.2. The molecule has 7 heteroatoms. The first-order valence-corrected chi connectivity index (χ1v) is 21.1. The van der Waals surface area contributed by atoms with Crippen LogP contribution in [0.2, 0.25) is 0 Å². The minimum atomic E-state index is -0.831. The van der Waals surface area contributed by atoms with Gasteiger partial charge in [-0.1, -0.05) is 137 Å². The summed E-state index contributed by atoms with van der Waals surface area (Å²) in [7, 11) is 10.4. The van der Waals surface area contributed by atoms with Crippen molar-refractivity contribution in [1.29, 1.82) is 0 Å². The summed E-state index contributed by atoms with van der Waals surface area (Å²) in [4.78, 5) is 0. The number of benzene rings is 5. The maximum atomic E-state index is 6.29. The molecule has 16 bridgehead atoms. The summed E-state index contributed by atoms with van der Waals surface area (Å²) in [5.41, 5.74) is 5.56. The summed E-state index contributed by atoms with van der Waals surface area (Å²) in [5.74, 6) is 0. The Balaban J connectivity index is 1.14. The molecule has 0 heterocycles. The fourth-order valence-corrected chi connectivity index (χ4v) is 10.1. The maximum Gasteiger partial charge on any atom is 0.142 e. The van der Waals surface area contributed by atoms with Gasteiger partial charge in [-0.15, -0.1) is 0 Å². The molecule has 16 aliphatic carbocycles. The molecule has 0 spiro atoms. The van der Waals surface area contributed by atoms with Gasteiger partial charge < -0.3 is 28.4 Å². The number of methoxy groups -OCH3 is 6. The highest BCUT2D eigenvalue weighted by Gasteiger charge is 2.42. The molecule has 0 saturated carbocycles. The quantitative estimate of drug-likeness (QED) is 0.158. The fourth-order valence-electron chi connectivity index (χ4n) is 9.28. The molecule has 5 aromatic carbocycles. The topological polar surface area (TPSA) is 55.4 Å². The van der Waals surface area contributed by atoms with Gasteiger partial charge in [0, 0.05) is 47.1 Å². The van der Waals surface area contributed by atoms with Crippen LogP contribution in [-0.4, -0.2) is 42.7 Å². The van der Waals surface area contributed by atoms with E-state index in [1.165, 1.54) is 0 Å². The lowest BCUT2D eigenvalue weighted by atomic mass is 9.78. The molecule has 6 nitrogen and oxygen atoms in total. The van der Waals surface area contributed by atoms with Crippen LogP contribution in [0.25, 0.3) is 22.3 Å². The van der Waals surface area contributed by atoms with Gasteiger partial charge in [0.1, 0.15) is 33.6 Å². The molecule has 0 fully saturated rings. The van der Waals surface area contributed by atoms with Gasteiger partial charge in [0.2, 0.25) is 0 Å². The zero-order valence-electron chi connectivity index (χ0n) is 35.2. The van der Waals surface area contributed by atoms with Crippen LogP contribution in [0.1, 0.15) is 33.4 Å². The molecule has 5 aromatic rings. The Labute approximate surface area is 367 Å². The van der Waals surface area contributed by atoms with Gasteiger partial charge in [0.05, 0.1) is 0 Å². The monoisotopic (exact) mass is 872 g/mol. The first kappa shape index (κ1) is 41.1. The van der Waals surface area contributed by atoms with Crippen LogP contribution >= 0.6 is 15.9 Å². The van der Waals surface area contributed by atoms with Crippen LogP contribution in [-0.2, 0) is 62.0 Å². The Morgan fingerprint density at radius 1 is 0.279 bits per heavy atom. The molecule has 0 aromatic heterocycles. The highest BCUT2D eigenvalue weighted by atomic mass is 79.9. The van der Waals surface area contributed by atoms with Crippen molar-refractivity contribution in [3.05, 3.63) is 226 Å². The molecular formula is C54H49BrO6. The zero-order chi connectivity index (χ0) is 42.5. The highest BCUT2D eigenvalue weighted by Crippen LogP contribution is 2.48. The normalized spacial score (nSPS) is 29.5. The summed E-state index contributed by atoms with van der Waals surface area (Å²) in [6.45, 7) is 0. The van der Waals surface area contributed by atoms with E-state index in [4.69, 9.17) is 28.4 Å². The second-order valence-electron chi connectivity index (χ2n) is 16.0.